The monoisotopic (exact) mass is 346 g/mol. The van der Waals surface area contributed by atoms with Crippen molar-refractivity contribution >= 4 is 10.8 Å². The van der Waals surface area contributed by atoms with Crippen LogP contribution in [-0.2, 0) is 6.42 Å². The topological polar surface area (TPSA) is 24.5 Å². The Kier molecular flexibility index (Phi) is 4.91. The molecule has 0 amide bonds. The molecule has 1 heterocycles. The Labute approximate surface area is 155 Å². The number of nitrogens with zero attached hydrogens (tertiary/aromatic N) is 1. The van der Waals surface area contributed by atoms with E-state index in [1.165, 1.54) is 27.5 Å². The van der Waals surface area contributed by atoms with Gasteiger partial charge in [-0.15, -0.1) is 0 Å². The quantitative estimate of drug-likeness (QED) is 0.755. The number of rotatable bonds is 5. The van der Waals surface area contributed by atoms with Gasteiger partial charge in [0.2, 0.25) is 0 Å². The van der Waals surface area contributed by atoms with Crippen LogP contribution in [-0.4, -0.2) is 38.7 Å². The minimum atomic E-state index is 0.237. The maximum absolute atomic E-state index is 5.93. The van der Waals surface area contributed by atoms with Crippen molar-refractivity contribution in [3.63, 3.8) is 0 Å². The molecule has 4 rings (SSSR count). The van der Waals surface area contributed by atoms with Gasteiger partial charge in [0.15, 0.2) is 0 Å². The Morgan fingerprint density at radius 1 is 1.00 bits per heavy atom. The number of nitrogens with one attached hydrogen (secondary N) is 1. The van der Waals surface area contributed by atoms with Gasteiger partial charge in [-0.25, -0.2) is 0 Å². The zero-order valence-corrected chi connectivity index (χ0v) is 15.5. The Morgan fingerprint density at radius 3 is 2.73 bits per heavy atom. The van der Waals surface area contributed by atoms with E-state index in [1.54, 1.807) is 0 Å². The summed E-state index contributed by atoms with van der Waals surface area (Å²) in [6.07, 6.45) is 1.04. The molecule has 1 atom stereocenters. The molecular formula is C23H26N2O. The lowest BCUT2D eigenvalue weighted by molar-refractivity contribution is 0.261. The molecule has 134 valence electrons. The van der Waals surface area contributed by atoms with Gasteiger partial charge in [-0.1, -0.05) is 48.5 Å². The summed E-state index contributed by atoms with van der Waals surface area (Å²) < 4.78 is 5.93. The average molecular weight is 346 g/mol. The normalized spacial score (nSPS) is 16.7. The highest BCUT2D eigenvalue weighted by atomic mass is 16.5. The van der Waals surface area contributed by atoms with Crippen molar-refractivity contribution in [3.05, 3.63) is 77.4 Å². The Morgan fingerprint density at radius 2 is 1.85 bits per heavy atom. The molecule has 0 spiro atoms. The molecule has 1 unspecified atom stereocenters. The SMILES string of the molecule is CN(C)CCOc1ccc2c(c1)CCNC2c1cccc2ccccc12. The van der Waals surface area contributed by atoms with Gasteiger partial charge in [0, 0.05) is 13.1 Å². The summed E-state index contributed by atoms with van der Waals surface area (Å²) in [4.78, 5) is 2.14. The van der Waals surface area contributed by atoms with E-state index < -0.39 is 0 Å². The molecule has 3 aromatic carbocycles. The third-order valence-corrected chi connectivity index (χ3v) is 5.11. The van der Waals surface area contributed by atoms with Gasteiger partial charge >= 0.3 is 0 Å². The number of benzene rings is 3. The second-order valence-corrected chi connectivity index (χ2v) is 7.22. The molecule has 1 aliphatic heterocycles. The minimum Gasteiger partial charge on any atom is -0.492 e. The fraction of sp³-hybridized carbons (Fsp3) is 0.304. The Bertz CT molecular complexity index is 898. The van der Waals surface area contributed by atoms with Crippen LogP contribution >= 0.6 is 0 Å². The molecular weight excluding hydrogens is 320 g/mol. The molecule has 26 heavy (non-hydrogen) atoms. The summed E-state index contributed by atoms with van der Waals surface area (Å²) in [6, 6.07) is 22.0. The van der Waals surface area contributed by atoms with Crippen LogP contribution in [0.2, 0.25) is 0 Å². The molecule has 0 saturated carbocycles. The van der Waals surface area contributed by atoms with Gasteiger partial charge in [0.25, 0.3) is 0 Å². The third-order valence-electron chi connectivity index (χ3n) is 5.11. The van der Waals surface area contributed by atoms with Crippen molar-refractivity contribution in [2.75, 3.05) is 33.8 Å². The molecule has 1 N–H and O–H groups in total. The summed E-state index contributed by atoms with van der Waals surface area (Å²) in [7, 11) is 4.13. The first-order valence-corrected chi connectivity index (χ1v) is 9.34. The van der Waals surface area contributed by atoms with Crippen LogP contribution in [0.15, 0.2) is 60.7 Å². The number of ether oxygens (including phenoxy) is 1. The molecule has 3 heteroatoms. The first-order valence-electron chi connectivity index (χ1n) is 9.34. The Balaban J connectivity index is 1.65. The van der Waals surface area contributed by atoms with E-state index in [2.05, 4.69) is 85.0 Å². The summed E-state index contributed by atoms with van der Waals surface area (Å²) in [5.41, 5.74) is 4.11. The number of likely N-dealkylation sites (N-methyl/N-ethyl adjacent to an activating group) is 1. The highest BCUT2D eigenvalue weighted by Gasteiger charge is 2.23. The van der Waals surface area contributed by atoms with Crippen molar-refractivity contribution in [2.24, 2.45) is 0 Å². The minimum absolute atomic E-state index is 0.237. The van der Waals surface area contributed by atoms with Crippen LogP contribution in [0.3, 0.4) is 0 Å². The second-order valence-electron chi connectivity index (χ2n) is 7.22. The second kappa shape index (κ2) is 7.48. The predicted molar refractivity (Wildman–Crippen MR) is 108 cm³/mol. The summed E-state index contributed by atoms with van der Waals surface area (Å²) in [5.74, 6) is 0.976. The van der Waals surface area contributed by atoms with E-state index in [4.69, 9.17) is 4.74 Å². The number of hydrogen-bond acceptors (Lipinski definition) is 3. The van der Waals surface area contributed by atoms with Gasteiger partial charge in [-0.05, 0) is 60.1 Å². The zero-order valence-electron chi connectivity index (χ0n) is 15.5. The summed E-state index contributed by atoms with van der Waals surface area (Å²) in [6.45, 7) is 2.64. The highest BCUT2D eigenvalue weighted by molar-refractivity contribution is 5.86. The molecule has 0 bridgehead atoms. The maximum atomic E-state index is 5.93. The first-order chi connectivity index (χ1) is 12.7. The van der Waals surface area contributed by atoms with Crippen molar-refractivity contribution in [1.29, 1.82) is 0 Å². The lowest BCUT2D eigenvalue weighted by Crippen LogP contribution is -2.30. The van der Waals surface area contributed by atoms with Gasteiger partial charge in [0.1, 0.15) is 12.4 Å². The highest BCUT2D eigenvalue weighted by Crippen LogP contribution is 2.34. The van der Waals surface area contributed by atoms with E-state index in [9.17, 15) is 0 Å². The van der Waals surface area contributed by atoms with Gasteiger partial charge in [0.05, 0.1) is 6.04 Å². The Hall–Kier alpha value is -2.36. The molecule has 0 aliphatic carbocycles. The van der Waals surface area contributed by atoms with E-state index in [1.807, 2.05) is 0 Å². The summed E-state index contributed by atoms with van der Waals surface area (Å²) in [5, 5.41) is 6.33. The van der Waals surface area contributed by atoms with Crippen LogP contribution in [0.5, 0.6) is 5.75 Å². The van der Waals surface area contributed by atoms with Crippen LogP contribution in [0, 0.1) is 0 Å². The van der Waals surface area contributed by atoms with Crippen LogP contribution in [0.25, 0.3) is 10.8 Å². The van der Waals surface area contributed by atoms with Crippen LogP contribution < -0.4 is 10.1 Å². The smallest absolute Gasteiger partial charge is 0.119 e. The van der Waals surface area contributed by atoms with Crippen molar-refractivity contribution in [3.8, 4) is 5.75 Å². The van der Waals surface area contributed by atoms with E-state index in [-0.39, 0.29) is 6.04 Å². The first kappa shape index (κ1) is 17.1. The standard InChI is InChI=1S/C23H26N2O/c1-25(2)14-15-26-19-10-11-21-18(16-19)12-13-24-23(21)22-9-5-7-17-6-3-4-8-20(17)22/h3-11,16,23-24H,12-15H2,1-2H3. The predicted octanol–water partition coefficient (Wildman–Crippen LogP) is 4.02. The van der Waals surface area contributed by atoms with Crippen LogP contribution in [0.4, 0.5) is 0 Å². The maximum Gasteiger partial charge on any atom is 0.119 e. The largest absolute Gasteiger partial charge is 0.492 e. The molecule has 3 aromatic rings. The summed E-state index contributed by atoms with van der Waals surface area (Å²) >= 11 is 0. The fourth-order valence-electron chi connectivity index (χ4n) is 3.76. The van der Waals surface area contributed by atoms with Crippen molar-refractivity contribution in [1.82, 2.24) is 10.2 Å². The third kappa shape index (κ3) is 3.46. The van der Waals surface area contributed by atoms with Gasteiger partial charge in [-0.2, -0.15) is 0 Å². The van der Waals surface area contributed by atoms with Gasteiger partial charge < -0.3 is 15.0 Å². The number of fused-ring (bicyclic) bond motifs is 2. The van der Waals surface area contributed by atoms with Crippen molar-refractivity contribution in [2.45, 2.75) is 12.5 Å². The van der Waals surface area contributed by atoms with E-state index in [0.717, 1.165) is 31.9 Å². The van der Waals surface area contributed by atoms with Gasteiger partial charge in [-0.3, -0.25) is 0 Å². The average Bonchev–Trinajstić information content (AvgIpc) is 2.66. The lowest BCUT2D eigenvalue weighted by Gasteiger charge is -2.29. The number of hydrogen-bond donors (Lipinski definition) is 1. The molecule has 0 fully saturated rings. The fourth-order valence-corrected chi connectivity index (χ4v) is 3.76. The molecule has 3 nitrogen and oxygen atoms in total. The molecule has 0 saturated heterocycles. The van der Waals surface area contributed by atoms with E-state index >= 15 is 0 Å². The van der Waals surface area contributed by atoms with E-state index in [0.29, 0.717) is 0 Å². The molecule has 1 aliphatic rings. The zero-order chi connectivity index (χ0) is 17.9. The molecule has 0 aromatic heterocycles. The van der Waals surface area contributed by atoms with Crippen LogP contribution in [0.1, 0.15) is 22.7 Å². The van der Waals surface area contributed by atoms with Crippen molar-refractivity contribution < 1.29 is 4.74 Å². The molecule has 0 radical (unpaired) electrons. The lowest BCUT2D eigenvalue weighted by atomic mass is 9.87.